The molecule has 0 radical (unpaired) electrons. The summed E-state index contributed by atoms with van der Waals surface area (Å²) in [7, 11) is 1.25. The average Bonchev–Trinajstić information content (AvgIpc) is 3.08. The first-order valence-electron chi connectivity index (χ1n) is 12.6. The summed E-state index contributed by atoms with van der Waals surface area (Å²) in [4.78, 5) is 48.4. The van der Waals surface area contributed by atoms with Crippen LogP contribution in [0.25, 0.3) is 0 Å². The molecule has 0 saturated heterocycles. The molecule has 3 N–H and O–H groups in total. The molecule has 0 bridgehead atoms. The maximum absolute atomic E-state index is 13.2. The Morgan fingerprint density at radius 3 is 2.69 bits per heavy atom. The van der Waals surface area contributed by atoms with E-state index in [1.807, 2.05) is 6.92 Å². The number of esters is 1. The van der Waals surface area contributed by atoms with Gasteiger partial charge in [0.25, 0.3) is 0 Å². The van der Waals surface area contributed by atoms with Crippen molar-refractivity contribution in [3.05, 3.63) is 11.6 Å². The Kier molecular flexibility index (Phi) is 6.87. The van der Waals surface area contributed by atoms with Crippen molar-refractivity contribution in [3.63, 3.8) is 0 Å². The minimum Gasteiger partial charge on any atom is -0.469 e. The second-order valence-electron chi connectivity index (χ2n) is 11.2. The Morgan fingerprint density at radius 1 is 1.23 bits per heavy atom. The van der Waals surface area contributed by atoms with Crippen LogP contribution in [0.1, 0.15) is 65.2 Å². The van der Waals surface area contributed by atoms with E-state index in [4.69, 9.17) is 4.74 Å². The number of aliphatic hydroxyl groups excluding tert-OH is 1. The molecule has 4 aliphatic carbocycles. The van der Waals surface area contributed by atoms with E-state index in [0.29, 0.717) is 19.3 Å². The van der Waals surface area contributed by atoms with Crippen LogP contribution >= 0.6 is 0 Å². The monoisotopic (exact) mass is 491 g/mol. The lowest BCUT2D eigenvalue weighted by Gasteiger charge is -2.59. The molecule has 0 aromatic carbocycles. The number of methoxy groups -OCH3 is 1. The van der Waals surface area contributed by atoms with Crippen molar-refractivity contribution in [1.82, 2.24) is 5.32 Å². The fourth-order valence-electron chi connectivity index (χ4n) is 7.74. The predicted molar refractivity (Wildman–Crippen MR) is 124 cm³/mol. The lowest BCUT2D eigenvalue weighted by atomic mass is 9.46. The number of aliphatic hydroxyl groups is 2. The lowest BCUT2D eigenvalue weighted by Crippen LogP contribution is -2.62. The van der Waals surface area contributed by atoms with Crippen molar-refractivity contribution >= 4 is 23.6 Å². The van der Waals surface area contributed by atoms with Crippen molar-refractivity contribution in [3.8, 4) is 0 Å². The molecule has 3 fully saturated rings. The number of Topliss-reactive ketones (excluding diaryl/α,β-unsaturated/α-hetero) is 2. The third kappa shape index (κ3) is 4.20. The van der Waals surface area contributed by atoms with Crippen LogP contribution in [0, 0.1) is 28.6 Å². The van der Waals surface area contributed by atoms with Crippen molar-refractivity contribution < 1.29 is 38.9 Å². The summed E-state index contributed by atoms with van der Waals surface area (Å²) in [6.07, 6.45) is 4.20. The highest BCUT2D eigenvalue weighted by molar-refractivity contribution is 5.91. The van der Waals surface area contributed by atoms with Crippen LogP contribution in [0.3, 0.4) is 0 Å². The first-order valence-corrected chi connectivity index (χ1v) is 12.6. The van der Waals surface area contributed by atoms with Crippen LogP contribution in [0.4, 0.5) is 4.79 Å². The molecule has 7 atom stereocenters. The van der Waals surface area contributed by atoms with E-state index in [2.05, 4.69) is 23.1 Å². The van der Waals surface area contributed by atoms with Gasteiger partial charge in [-0.25, -0.2) is 4.79 Å². The van der Waals surface area contributed by atoms with Crippen LogP contribution < -0.4 is 5.32 Å². The highest BCUT2D eigenvalue weighted by Crippen LogP contribution is 2.67. The molecule has 9 nitrogen and oxygen atoms in total. The number of ketones is 2. The van der Waals surface area contributed by atoms with Gasteiger partial charge in [-0.05, 0) is 55.3 Å². The zero-order valence-electron chi connectivity index (χ0n) is 20.8. The van der Waals surface area contributed by atoms with Crippen LogP contribution in [0.2, 0.25) is 0 Å². The minimum atomic E-state index is -1.71. The van der Waals surface area contributed by atoms with Crippen molar-refractivity contribution in [2.24, 2.45) is 28.6 Å². The normalized spacial score (nSPS) is 40.0. The Labute approximate surface area is 205 Å². The number of allylic oxidation sites excluding steroid dienone is 2. The summed E-state index contributed by atoms with van der Waals surface area (Å²) in [5.41, 5.74) is -1.66. The third-order valence-electron chi connectivity index (χ3n) is 9.64. The van der Waals surface area contributed by atoms with Crippen LogP contribution in [0.5, 0.6) is 0 Å². The summed E-state index contributed by atoms with van der Waals surface area (Å²) in [6, 6.07) is 0. The number of amides is 1. The van der Waals surface area contributed by atoms with Crippen molar-refractivity contribution in [2.75, 3.05) is 20.3 Å². The van der Waals surface area contributed by atoms with Gasteiger partial charge in [-0.3, -0.25) is 14.4 Å². The maximum Gasteiger partial charge on any atom is 0.407 e. The lowest BCUT2D eigenvalue weighted by molar-refractivity contribution is -0.180. The largest absolute Gasteiger partial charge is 0.469 e. The molecular formula is C26H37NO8. The van der Waals surface area contributed by atoms with Crippen molar-refractivity contribution in [1.29, 1.82) is 0 Å². The average molecular weight is 492 g/mol. The highest BCUT2D eigenvalue weighted by Gasteiger charge is 2.68. The van der Waals surface area contributed by atoms with Gasteiger partial charge in [-0.15, -0.1) is 0 Å². The SMILES string of the molecule is COC(=O)CCNC(=O)OCC(=O)[C@@]1(O)CCC2C3CC=C4CC(=O)CCC4(C)C3C(O)CC21C. The highest BCUT2D eigenvalue weighted by atomic mass is 16.6. The molecule has 0 aromatic rings. The molecule has 0 heterocycles. The Hall–Kier alpha value is -2.26. The zero-order valence-corrected chi connectivity index (χ0v) is 20.8. The molecule has 4 aliphatic rings. The fraction of sp³-hybridized carbons (Fsp3) is 0.769. The van der Waals surface area contributed by atoms with Gasteiger partial charge in [-0.1, -0.05) is 25.5 Å². The Morgan fingerprint density at radius 2 is 1.97 bits per heavy atom. The molecule has 3 saturated carbocycles. The van der Waals surface area contributed by atoms with Crippen LogP contribution in [-0.4, -0.2) is 65.8 Å². The molecule has 35 heavy (non-hydrogen) atoms. The summed E-state index contributed by atoms with van der Waals surface area (Å²) < 4.78 is 9.54. The summed E-state index contributed by atoms with van der Waals surface area (Å²) in [5, 5.41) is 25.5. The fourth-order valence-corrected chi connectivity index (χ4v) is 7.74. The summed E-state index contributed by atoms with van der Waals surface area (Å²) in [6.45, 7) is 3.47. The smallest absolute Gasteiger partial charge is 0.407 e. The van der Waals surface area contributed by atoms with Crippen LogP contribution in [-0.2, 0) is 23.9 Å². The van der Waals surface area contributed by atoms with Gasteiger partial charge in [0.05, 0.1) is 19.6 Å². The Balaban J connectivity index is 1.46. The number of fused-ring (bicyclic) bond motifs is 5. The van der Waals surface area contributed by atoms with Gasteiger partial charge in [0.15, 0.2) is 6.61 Å². The summed E-state index contributed by atoms with van der Waals surface area (Å²) >= 11 is 0. The molecule has 0 aliphatic heterocycles. The van der Waals surface area contributed by atoms with E-state index in [0.717, 1.165) is 18.4 Å². The van der Waals surface area contributed by atoms with Gasteiger partial charge in [0.2, 0.25) is 5.78 Å². The number of carbonyl (C=O) groups is 4. The second kappa shape index (κ2) is 9.32. The number of ether oxygens (including phenoxy) is 2. The van der Waals surface area contributed by atoms with E-state index in [9.17, 15) is 29.4 Å². The Bertz CT molecular complexity index is 946. The van der Waals surface area contributed by atoms with Gasteiger partial charge in [0, 0.05) is 24.8 Å². The quantitative estimate of drug-likeness (QED) is 0.379. The number of alkyl carbamates (subject to hydrolysis) is 1. The first-order chi connectivity index (χ1) is 16.5. The van der Waals surface area contributed by atoms with Gasteiger partial charge in [0.1, 0.15) is 11.4 Å². The first kappa shape index (κ1) is 25.8. The van der Waals surface area contributed by atoms with E-state index in [1.54, 1.807) is 0 Å². The van der Waals surface area contributed by atoms with Gasteiger partial charge in [-0.2, -0.15) is 0 Å². The molecule has 6 unspecified atom stereocenters. The number of rotatable bonds is 6. The number of hydrogen-bond donors (Lipinski definition) is 3. The van der Waals surface area contributed by atoms with Crippen LogP contribution in [0.15, 0.2) is 11.6 Å². The molecular weight excluding hydrogens is 454 g/mol. The second-order valence-corrected chi connectivity index (χ2v) is 11.2. The summed E-state index contributed by atoms with van der Waals surface area (Å²) in [5.74, 6) is -0.674. The maximum atomic E-state index is 13.2. The molecule has 0 aromatic heterocycles. The zero-order chi connectivity index (χ0) is 25.6. The van der Waals surface area contributed by atoms with E-state index in [1.165, 1.54) is 7.11 Å². The molecule has 4 rings (SSSR count). The molecule has 0 spiro atoms. The molecule has 1 amide bonds. The standard InChI is InChI=1S/C26H37NO8/c1-24-9-6-16(28)12-15(24)4-5-17-18-7-10-26(33,25(18,2)13-19(29)22(17)24)20(30)14-35-23(32)27-11-8-21(31)34-3/h4,17-19,22,29,33H,5-14H2,1-3H3,(H,27,32)/t17?,18?,19?,22?,24?,25?,26-/m0/s1. The van der Waals surface area contributed by atoms with E-state index < -0.39 is 41.6 Å². The molecule has 9 heteroatoms. The number of carbonyl (C=O) groups excluding carboxylic acids is 4. The molecule has 194 valence electrons. The number of nitrogens with one attached hydrogen (secondary N) is 1. The minimum absolute atomic E-state index is 0.0111. The predicted octanol–water partition coefficient (Wildman–Crippen LogP) is 2.08. The van der Waals surface area contributed by atoms with Gasteiger partial charge >= 0.3 is 12.1 Å². The van der Waals surface area contributed by atoms with Gasteiger partial charge < -0.3 is 25.0 Å². The van der Waals surface area contributed by atoms with Crippen molar-refractivity contribution in [2.45, 2.75) is 76.9 Å². The van der Waals surface area contributed by atoms with E-state index >= 15 is 0 Å². The van der Waals surface area contributed by atoms with E-state index in [-0.39, 0.29) is 54.8 Å². The third-order valence-corrected chi connectivity index (χ3v) is 9.64. The number of hydrogen-bond acceptors (Lipinski definition) is 8. The topological polar surface area (TPSA) is 139 Å².